The Morgan fingerprint density at radius 3 is 2.81 bits per heavy atom. The summed E-state index contributed by atoms with van der Waals surface area (Å²) in [6.07, 6.45) is 1.81. The molecule has 3 aromatic rings. The lowest BCUT2D eigenvalue weighted by Gasteiger charge is -2.13. The van der Waals surface area contributed by atoms with Gasteiger partial charge in [0, 0.05) is 32.7 Å². The molecule has 2 nitrogen and oxygen atoms in total. The number of thioether (sulfide) groups is 1. The first-order chi connectivity index (χ1) is 10.2. The number of hydrogen-bond donors (Lipinski definition) is 1. The van der Waals surface area contributed by atoms with E-state index in [1.807, 2.05) is 30.5 Å². The molecule has 0 saturated heterocycles. The SMILES string of the molecule is NC(CSc1ccccc1Br)c1ccc2ncccc2c1. The Balaban J connectivity index is 1.75. The zero-order valence-corrected chi connectivity index (χ0v) is 13.8. The Labute approximate surface area is 136 Å². The summed E-state index contributed by atoms with van der Waals surface area (Å²) in [6.45, 7) is 0. The molecule has 0 radical (unpaired) electrons. The average Bonchev–Trinajstić information content (AvgIpc) is 2.53. The Morgan fingerprint density at radius 1 is 1.10 bits per heavy atom. The van der Waals surface area contributed by atoms with Crippen LogP contribution in [0.2, 0.25) is 0 Å². The van der Waals surface area contributed by atoms with Crippen molar-refractivity contribution in [1.82, 2.24) is 4.98 Å². The number of halogens is 1. The van der Waals surface area contributed by atoms with Gasteiger partial charge in [0.05, 0.1) is 5.52 Å². The Hall–Kier alpha value is -1.36. The number of aromatic nitrogens is 1. The predicted molar refractivity (Wildman–Crippen MR) is 93.5 cm³/mol. The van der Waals surface area contributed by atoms with Gasteiger partial charge < -0.3 is 5.73 Å². The highest BCUT2D eigenvalue weighted by Crippen LogP contribution is 2.30. The third-order valence-electron chi connectivity index (χ3n) is 3.31. The standard InChI is InChI=1S/C17H15BrN2S/c18-14-5-1-2-6-17(14)21-11-15(19)12-7-8-16-13(10-12)4-3-9-20-16/h1-10,15H,11,19H2. The molecule has 0 saturated carbocycles. The summed E-state index contributed by atoms with van der Waals surface area (Å²) >= 11 is 5.33. The number of pyridine rings is 1. The van der Waals surface area contributed by atoms with Crippen LogP contribution in [-0.2, 0) is 0 Å². The summed E-state index contributed by atoms with van der Waals surface area (Å²) in [6, 6.07) is 18.5. The summed E-state index contributed by atoms with van der Waals surface area (Å²) in [4.78, 5) is 5.55. The van der Waals surface area contributed by atoms with Crippen LogP contribution in [0.4, 0.5) is 0 Å². The van der Waals surface area contributed by atoms with E-state index in [2.05, 4.69) is 51.2 Å². The van der Waals surface area contributed by atoms with Crippen molar-refractivity contribution < 1.29 is 0 Å². The lowest BCUT2D eigenvalue weighted by Crippen LogP contribution is -2.12. The zero-order valence-electron chi connectivity index (χ0n) is 11.4. The minimum Gasteiger partial charge on any atom is -0.323 e. The highest BCUT2D eigenvalue weighted by molar-refractivity contribution is 9.10. The van der Waals surface area contributed by atoms with Crippen LogP contribution in [0.1, 0.15) is 11.6 Å². The van der Waals surface area contributed by atoms with Gasteiger partial charge in [-0.1, -0.05) is 24.3 Å². The van der Waals surface area contributed by atoms with Gasteiger partial charge in [0.2, 0.25) is 0 Å². The molecular weight excluding hydrogens is 344 g/mol. The smallest absolute Gasteiger partial charge is 0.0702 e. The number of rotatable bonds is 4. The monoisotopic (exact) mass is 358 g/mol. The van der Waals surface area contributed by atoms with E-state index in [0.29, 0.717) is 0 Å². The molecule has 1 atom stereocenters. The molecule has 0 aliphatic rings. The van der Waals surface area contributed by atoms with E-state index in [-0.39, 0.29) is 6.04 Å². The molecular formula is C17H15BrN2S. The van der Waals surface area contributed by atoms with Gasteiger partial charge in [-0.15, -0.1) is 11.8 Å². The van der Waals surface area contributed by atoms with Crippen LogP contribution in [0, 0.1) is 0 Å². The minimum atomic E-state index is 0.00622. The maximum absolute atomic E-state index is 6.33. The van der Waals surface area contributed by atoms with E-state index in [9.17, 15) is 0 Å². The number of nitrogens with two attached hydrogens (primary N) is 1. The van der Waals surface area contributed by atoms with Crippen LogP contribution in [0.3, 0.4) is 0 Å². The first-order valence-electron chi connectivity index (χ1n) is 6.71. The second-order valence-corrected chi connectivity index (χ2v) is 6.72. The van der Waals surface area contributed by atoms with Gasteiger partial charge in [-0.25, -0.2) is 0 Å². The van der Waals surface area contributed by atoms with E-state index >= 15 is 0 Å². The van der Waals surface area contributed by atoms with Crippen molar-refractivity contribution in [2.24, 2.45) is 5.73 Å². The molecule has 0 bridgehead atoms. The molecule has 1 heterocycles. The highest BCUT2D eigenvalue weighted by atomic mass is 79.9. The quantitative estimate of drug-likeness (QED) is 0.681. The van der Waals surface area contributed by atoms with Crippen LogP contribution in [0.5, 0.6) is 0 Å². The van der Waals surface area contributed by atoms with Crippen LogP contribution < -0.4 is 5.73 Å². The Morgan fingerprint density at radius 2 is 1.95 bits per heavy atom. The van der Waals surface area contributed by atoms with Gasteiger partial charge >= 0.3 is 0 Å². The molecule has 0 aliphatic carbocycles. The van der Waals surface area contributed by atoms with Crippen molar-refractivity contribution >= 4 is 38.6 Å². The molecule has 2 N–H and O–H groups in total. The van der Waals surface area contributed by atoms with E-state index < -0.39 is 0 Å². The molecule has 0 fully saturated rings. The lowest BCUT2D eigenvalue weighted by atomic mass is 10.1. The van der Waals surface area contributed by atoms with Crippen molar-refractivity contribution in [3.8, 4) is 0 Å². The molecule has 1 unspecified atom stereocenters. The van der Waals surface area contributed by atoms with E-state index in [0.717, 1.165) is 26.7 Å². The van der Waals surface area contributed by atoms with Gasteiger partial charge in [-0.05, 0) is 51.8 Å². The molecule has 106 valence electrons. The molecule has 2 aromatic carbocycles. The fourth-order valence-corrected chi connectivity index (χ4v) is 3.72. The van der Waals surface area contributed by atoms with Crippen LogP contribution >= 0.6 is 27.7 Å². The average molecular weight is 359 g/mol. The number of fused-ring (bicyclic) bond motifs is 1. The third-order valence-corrected chi connectivity index (χ3v) is 5.46. The minimum absolute atomic E-state index is 0.00622. The van der Waals surface area contributed by atoms with Crippen molar-refractivity contribution in [2.75, 3.05) is 5.75 Å². The second kappa shape index (κ2) is 6.60. The summed E-state index contributed by atoms with van der Waals surface area (Å²) in [5.74, 6) is 0.842. The maximum Gasteiger partial charge on any atom is 0.0702 e. The molecule has 4 heteroatoms. The predicted octanol–water partition coefficient (Wildman–Crippen LogP) is 4.79. The number of benzene rings is 2. The summed E-state index contributed by atoms with van der Waals surface area (Å²) in [5.41, 5.74) is 8.48. The van der Waals surface area contributed by atoms with Crippen molar-refractivity contribution in [2.45, 2.75) is 10.9 Å². The highest BCUT2D eigenvalue weighted by Gasteiger charge is 2.09. The van der Waals surface area contributed by atoms with Gasteiger partial charge in [-0.3, -0.25) is 4.98 Å². The van der Waals surface area contributed by atoms with E-state index in [1.54, 1.807) is 11.8 Å². The van der Waals surface area contributed by atoms with Gasteiger partial charge in [0.1, 0.15) is 0 Å². The third kappa shape index (κ3) is 3.46. The van der Waals surface area contributed by atoms with Crippen molar-refractivity contribution in [1.29, 1.82) is 0 Å². The molecule has 0 spiro atoms. The molecule has 0 aliphatic heterocycles. The molecule has 0 amide bonds. The topological polar surface area (TPSA) is 38.9 Å². The first kappa shape index (κ1) is 14.6. The van der Waals surface area contributed by atoms with E-state index in [4.69, 9.17) is 5.73 Å². The summed E-state index contributed by atoms with van der Waals surface area (Å²) in [7, 11) is 0. The van der Waals surface area contributed by atoms with Crippen LogP contribution in [-0.4, -0.2) is 10.7 Å². The van der Waals surface area contributed by atoms with E-state index in [1.165, 1.54) is 4.90 Å². The van der Waals surface area contributed by atoms with Crippen molar-refractivity contribution in [3.05, 3.63) is 70.8 Å². The second-order valence-electron chi connectivity index (χ2n) is 4.80. The fourth-order valence-electron chi connectivity index (χ4n) is 2.16. The maximum atomic E-state index is 6.33. The fraction of sp³-hybridized carbons (Fsp3) is 0.118. The number of hydrogen-bond acceptors (Lipinski definition) is 3. The normalized spacial score (nSPS) is 12.5. The van der Waals surface area contributed by atoms with Crippen molar-refractivity contribution in [3.63, 3.8) is 0 Å². The largest absolute Gasteiger partial charge is 0.323 e. The zero-order chi connectivity index (χ0) is 14.7. The first-order valence-corrected chi connectivity index (χ1v) is 8.49. The van der Waals surface area contributed by atoms with Gasteiger partial charge in [-0.2, -0.15) is 0 Å². The van der Waals surface area contributed by atoms with Gasteiger partial charge in [0.15, 0.2) is 0 Å². The molecule has 3 rings (SSSR count). The lowest BCUT2D eigenvalue weighted by molar-refractivity contribution is 0.833. The van der Waals surface area contributed by atoms with Gasteiger partial charge in [0.25, 0.3) is 0 Å². The van der Waals surface area contributed by atoms with Crippen LogP contribution in [0.15, 0.2) is 70.2 Å². The summed E-state index contributed by atoms with van der Waals surface area (Å²) < 4.78 is 1.12. The Bertz CT molecular complexity index is 760. The van der Waals surface area contributed by atoms with Crippen LogP contribution in [0.25, 0.3) is 10.9 Å². The molecule has 21 heavy (non-hydrogen) atoms. The Kier molecular flexibility index (Phi) is 4.58. The number of nitrogens with zero attached hydrogens (tertiary/aromatic N) is 1. The summed E-state index contributed by atoms with van der Waals surface area (Å²) in [5, 5.41) is 1.14. The molecule has 1 aromatic heterocycles.